The van der Waals surface area contributed by atoms with E-state index in [4.69, 9.17) is 4.74 Å². The minimum absolute atomic E-state index is 0.119. The van der Waals surface area contributed by atoms with Crippen molar-refractivity contribution >= 4 is 29.0 Å². The molecule has 0 bridgehead atoms. The summed E-state index contributed by atoms with van der Waals surface area (Å²) >= 11 is 1.50. The van der Waals surface area contributed by atoms with Crippen LogP contribution in [0.1, 0.15) is 12.0 Å². The molecule has 1 amide bonds. The van der Waals surface area contributed by atoms with E-state index in [1.165, 1.54) is 23.9 Å². The number of nitrogens with one attached hydrogen (secondary N) is 4. The van der Waals surface area contributed by atoms with Gasteiger partial charge in [-0.25, -0.2) is 4.39 Å². The highest BCUT2D eigenvalue weighted by Gasteiger charge is 2.18. The Morgan fingerprint density at radius 2 is 1.86 bits per heavy atom. The highest BCUT2D eigenvalue weighted by molar-refractivity contribution is 8.03. The number of halogens is 1. The van der Waals surface area contributed by atoms with E-state index in [-0.39, 0.29) is 30.2 Å². The first-order chi connectivity index (χ1) is 18.0. The second kappa shape index (κ2) is 13.7. The summed E-state index contributed by atoms with van der Waals surface area (Å²) in [5.74, 6) is 0.323. The lowest BCUT2D eigenvalue weighted by Crippen LogP contribution is -2.32. The Labute approximate surface area is 220 Å². The first-order valence-electron chi connectivity index (χ1n) is 12.1. The van der Waals surface area contributed by atoms with Crippen molar-refractivity contribution in [3.8, 4) is 5.75 Å². The predicted molar refractivity (Wildman–Crippen MR) is 147 cm³/mol. The van der Waals surface area contributed by atoms with E-state index >= 15 is 0 Å². The van der Waals surface area contributed by atoms with E-state index in [2.05, 4.69) is 21.3 Å². The van der Waals surface area contributed by atoms with Crippen molar-refractivity contribution in [3.05, 3.63) is 101 Å². The SMILES string of the molecule is O=C(CC1=CS[C@@H](Nc2cccc(F)c2)N1)Nc1ccc(CCNCC(O)COc2ccccc2)cc1. The van der Waals surface area contributed by atoms with Crippen LogP contribution in [0.3, 0.4) is 0 Å². The van der Waals surface area contributed by atoms with Gasteiger partial charge in [0, 0.05) is 23.6 Å². The highest BCUT2D eigenvalue weighted by atomic mass is 32.2. The van der Waals surface area contributed by atoms with Crippen molar-refractivity contribution in [1.29, 1.82) is 0 Å². The zero-order valence-electron chi connectivity index (χ0n) is 20.3. The Morgan fingerprint density at radius 1 is 1.05 bits per heavy atom. The van der Waals surface area contributed by atoms with Crippen LogP contribution in [0, 0.1) is 5.82 Å². The first-order valence-corrected chi connectivity index (χ1v) is 13.1. The van der Waals surface area contributed by atoms with E-state index in [1.807, 2.05) is 60.0 Å². The molecule has 1 aliphatic heterocycles. The molecule has 7 nitrogen and oxygen atoms in total. The van der Waals surface area contributed by atoms with Crippen molar-refractivity contribution in [2.75, 3.05) is 30.3 Å². The van der Waals surface area contributed by atoms with Gasteiger partial charge in [-0.1, -0.05) is 48.2 Å². The predicted octanol–water partition coefficient (Wildman–Crippen LogP) is 4.30. The summed E-state index contributed by atoms with van der Waals surface area (Å²) in [6.07, 6.45) is 0.429. The fraction of sp³-hybridized carbons (Fsp3) is 0.250. The number of anilines is 2. The molecule has 0 spiro atoms. The second-order valence-corrected chi connectivity index (χ2v) is 9.59. The lowest BCUT2D eigenvalue weighted by molar-refractivity contribution is -0.115. The van der Waals surface area contributed by atoms with Crippen LogP contribution in [-0.2, 0) is 11.2 Å². The molecule has 5 N–H and O–H groups in total. The smallest absolute Gasteiger partial charge is 0.230 e. The van der Waals surface area contributed by atoms with Crippen molar-refractivity contribution in [1.82, 2.24) is 10.6 Å². The number of carbonyl (C=O) groups is 1. The Bertz CT molecular complexity index is 1180. The number of para-hydroxylation sites is 1. The monoisotopic (exact) mass is 522 g/mol. The highest BCUT2D eigenvalue weighted by Crippen LogP contribution is 2.25. The number of amides is 1. The molecule has 2 atom stereocenters. The molecule has 3 aromatic carbocycles. The average molecular weight is 523 g/mol. The summed E-state index contributed by atoms with van der Waals surface area (Å²) in [6.45, 7) is 1.40. The molecule has 3 aromatic rings. The number of ether oxygens (including phenoxy) is 1. The molecule has 0 saturated carbocycles. The standard InChI is InChI=1S/C28H31FN4O3S/c29-21-5-4-6-23(15-21)32-28-33-24(19-37-28)16-27(35)31-22-11-9-20(10-12-22)13-14-30-17-25(34)18-36-26-7-2-1-3-8-26/h1-12,15,19,25,28,30,32-34H,13-14,16-18H2,(H,31,35)/t25?,28-/m0/s1. The van der Waals surface area contributed by atoms with Crippen LogP contribution >= 0.6 is 11.8 Å². The van der Waals surface area contributed by atoms with Gasteiger partial charge in [0.1, 0.15) is 29.8 Å². The maximum absolute atomic E-state index is 13.4. The van der Waals surface area contributed by atoms with Crippen molar-refractivity contribution in [2.24, 2.45) is 0 Å². The number of aliphatic hydroxyl groups is 1. The Morgan fingerprint density at radius 3 is 2.65 bits per heavy atom. The molecular formula is C28H31FN4O3S. The summed E-state index contributed by atoms with van der Waals surface area (Å²) in [6, 6.07) is 23.4. The molecule has 0 saturated heterocycles. The molecule has 1 unspecified atom stereocenters. The van der Waals surface area contributed by atoms with Crippen LogP contribution in [0.15, 0.2) is 90.0 Å². The quantitative estimate of drug-likeness (QED) is 0.214. The number of hydrogen-bond acceptors (Lipinski definition) is 7. The number of carbonyl (C=O) groups excluding carboxylic acids is 1. The third kappa shape index (κ3) is 9.13. The zero-order valence-corrected chi connectivity index (χ0v) is 21.1. The van der Waals surface area contributed by atoms with Gasteiger partial charge in [0.2, 0.25) is 5.91 Å². The Kier molecular flexibility index (Phi) is 9.81. The minimum atomic E-state index is -0.590. The topological polar surface area (TPSA) is 94.7 Å². The van der Waals surface area contributed by atoms with E-state index in [0.29, 0.717) is 12.2 Å². The van der Waals surface area contributed by atoms with Crippen molar-refractivity contribution in [3.63, 3.8) is 0 Å². The van der Waals surface area contributed by atoms with Crippen LogP contribution in [0.25, 0.3) is 0 Å². The maximum Gasteiger partial charge on any atom is 0.230 e. The first kappa shape index (κ1) is 26.5. The van der Waals surface area contributed by atoms with E-state index in [1.54, 1.807) is 12.1 Å². The lowest BCUT2D eigenvalue weighted by Gasteiger charge is -2.16. The Hall–Kier alpha value is -3.53. The van der Waals surface area contributed by atoms with Crippen molar-refractivity contribution < 1.29 is 19.0 Å². The van der Waals surface area contributed by atoms with Crippen LogP contribution in [0.4, 0.5) is 15.8 Å². The summed E-state index contributed by atoms with van der Waals surface area (Å²) in [7, 11) is 0. The average Bonchev–Trinajstić information content (AvgIpc) is 3.33. The van der Waals surface area contributed by atoms with E-state index in [9.17, 15) is 14.3 Å². The minimum Gasteiger partial charge on any atom is -0.491 e. The number of rotatable bonds is 13. The fourth-order valence-electron chi connectivity index (χ4n) is 3.68. The number of hydrogen-bond donors (Lipinski definition) is 5. The third-order valence-electron chi connectivity index (χ3n) is 5.53. The molecule has 0 aliphatic carbocycles. The third-order valence-corrected chi connectivity index (χ3v) is 6.46. The summed E-state index contributed by atoms with van der Waals surface area (Å²) in [5, 5.41) is 24.5. The number of aliphatic hydroxyl groups excluding tert-OH is 1. The molecule has 0 aromatic heterocycles. The summed E-state index contributed by atoms with van der Waals surface area (Å²) in [4.78, 5) is 12.5. The van der Waals surface area contributed by atoms with Gasteiger partial charge in [-0.05, 0) is 66.4 Å². The zero-order chi connectivity index (χ0) is 25.9. The molecule has 9 heteroatoms. The van der Waals surface area contributed by atoms with Gasteiger partial charge in [-0.15, -0.1) is 0 Å². The molecule has 4 rings (SSSR count). The number of benzene rings is 3. The number of thioether (sulfide) groups is 1. The van der Waals surface area contributed by atoms with Gasteiger partial charge < -0.3 is 31.1 Å². The van der Waals surface area contributed by atoms with E-state index in [0.717, 1.165) is 35.7 Å². The molecule has 0 radical (unpaired) electrons. The molecule has 37 heavy (non-hydrogen) atoms. The molecular weight excluding hydrogens is 491 g/mol. The van der Waals surface area contributed by atoms with E-state index < -0.39 is 6.10 Å². The van der Waals surface area contributed by atoms with Gasteiger partial charge >= 0.3 is 0 Å². The van der Waals surface area contributed by atoms with Crippen LogP contribution < -0.4 is 26.0 Å². The summed E-state index contributed by atoms with van der Waals surface area (Å²) in [5.41, 5.74) is 3.18. The van der Waals surface area contributed by atoms with Crippen LogP contribution in [0.2, 0.25) is 0 Å². The van der Waals surface area contributed by atoms with Gasteiger partial charge in [0.15, 0.2) is 0 Å². The second-order valence-electron chi connectivity index (χ2n) is 8.61. The van der Waals surface area contributed by atoms with Crippen molar-refractivity contribution in [2.45, 2.75) is 24.4 Å². The molecule has 194 valence electrons. The van der Waals surface area contributed by atoms with Crippen LogP contribution in [-0.4, -0.2) is 42.3 Å². The van der Waals surface area contributed by atoms with Crippen LogP contribution in [0.5, 0.6) is 5.75 Å². The Balaban J connectivity index is 1.10. The molecule has 1 heterocycles. The molecule has 1 aliphatic rings. The van der Waals surface area contributed by atoms with Gasteiger partial charge in [0.05, 0.1) is 6.42 Å². The lowest BCUT2D eigenvalue weighted by atomic mass is 10.1. The van der Waals surface area contributed by atoms with Gasteiger partial charge in [-0.3, -0.25) is 4.79 Å². The molecule has 0 fully saturated rings. The van der Waals surface area contributed by atoms with Gasteiger partial charge in [-0.2, -0.15) is 0 Å². The largest absolute Gasteiger partial charge is 0.491 e. The summed E-state index contributed by atoms with van der Waals surface area (Å²) < 4.78 is 18.9. The normalized spacial score (nSPS) is 15.4. The van der Waals surface area contributed by atoms with Gasteiger partial charge in [0.25, 0.3) is 0 Å². The maximum atomic E-state index is 13.4. The fourth-order valence-corrected chi connectivity index (χ4v) is 4.56.